The Hall–Kier alpha value is -0.178. The quantitative estimate of drug-likeness (QED) is 0.320. The van der Waals surface area contributed by atoms with Crippen LogP contribution in [0.15, 0.2) is 48.5 Å². The molecule has 0 nitrogen and oxygen atoms in total. The smallest absolute Gasteiger partial charge is 0.343 e. The van der Waals surface area contributed by atoms with E-state index in [2.05, 4.69) is 116 Å². The van der Waals surface area contributed by atoms with Gasteiger partial charge in [-0.3, -0.25) is 0 Å². The molecule has 0 aliphatic rings. The van der Waals surface area contributed by atoms with Gasteiger partial charge in [0.05, 0.1) is 0 Å². The fourth-order valence-corrected chi connectivity index (χ4v) is 4.13. The van der Waals surface area contributed by atoms with E-state index in [0.717, 1.165) is 12.8 Å². The Bertz CT molecular complexity index is 433. The van der Waals surface area contributed by atoms with Gasteiger partial charge in [-0.1, -0.05) is 66.0 Å². The van der Waals surface area contributed by atoms with Crippen LogP contribution < -0.4 is 10.4 Å². The average molecular weight is 485 g/mol. The van der Waals surface area contributed by atoms with Gasteiger partial charge in [0.25, 0.3) is 0 Å². The van der Waals surface area contributed by atoms with Gasteiger partial charge < -0.3 is 13.8 Å². The van der Waals surface area contributed by atoms with Crippen molar-refractivity contribution in [1.82, 2.24) is 0 Å². The van der Waals surface area contributed by atoms with Crippen molar-refractivity contribution in [3.8, 4) is 0 Å². The van der Waals surface area contributed by atoms with E-state index in [1.165, 1.54) is 12.8 Å². The van der Waals surface area contributed by atoms with Crippen LogP contribution in [0.2, 0.25) is 39.3 Å². The van der Waals surface area contributed by atoms with Crippen LogP contribution in [0.5, 0.6) is 0 Å². The Morgan fingerprint density at radius 2 is 0.778 bits per heavy atom. The number of rotatable bonds is 4. The molecule has 0 saturated heterocycles. The minimum atomic E-state index is -0.981. The second-order valence-corrected chi connectivity index (χ2v) is 18.7. The molecule has 0 heterocycles. The summed E-state index contributed by atoms with van der Waals surface area (Å²) >= 11 is 0. The Balaban J connectivity index is -0.000000303. The second-order valence-electron chi connectivity index (χ2n) is 8.55. The predicted octanol–water partition coefficient (Wildman–Crippen LogP) is 7.14. The first-order chi connectivity index (χ1) is 12.0. The summed E-state index contributed by atoms with van der Waals surface area (Å²) in [6, 6.07) is 17.4. The number of hydrogen-bond donors (Lipinski definition) is 0. The molecule has 0 aromatic heterocycles. The summed E-state index contributed by atoms with van der Waals surface area (Å²) in [6.45, 7) is 25.6. The van der Waals surface area contributed by atoms with E-state index in [1.54, 1.807) is 10.4 Å². The van der Waals surface area contributed by atoms with Gasteiger partial charge in [0.2, 0.25) is 0 Å². The molecule has 0 N–H and O–H groups in total. The third kappa shape index (κ3) is 18.9. The average Bonchev–Trinajstić information content (AvgIpc) is 3.27. The fraction of sp³-hybridized carbons (Fsp3) is 0.500. The van der Waals surface area contributed by atoms with E-state index in [9.17, 15) is 0 Å². The molecule has 0 fully saturated rings. The Labute approximate surface area is 188 Å². The maximum Gasteiger partial charge on any atom is 4.00 e. The molecule has 0 saturated carbocycles. The zero-order chi connectivity index (χ0) is 20.6. The maximum absolute atomic E-state index is 3.60. The summed E-state index contributed by atoms with van der Waals surface area (Å²) in [5.74, 6) is 0. The third-order valence-electron chi connectivity index (χ3n) is 3.76. The topological polar surface area (TPSA) is 0 Å². The van der Waals surface area contributed by atoms with Gasteiger partial charge in [-0.15, -0.1) is 0 Å². The van der Waals surface area contributed by atoms with Gasteiger partial charge >= 0.3 is 21.1 Å². The van der Waals surface area contributed by atoms with Gasteiger partial charge in [0.15, 0.2) is 0 Å². The van der Waals surface area contributed by atoms with Crippen molar-refractivity contribution in [2.75, 3.05) is 0 Å². The van der Waals surface area contributed by atoms with Crippen LogP contribution in [0.25, 0.3) is 0 Å². The van der Waals surface area contributed by atoms with Crippen molar-refractivity contribution in [3.05, 3.63) is 62.4 Å². The van der Waals surface area contributed by atoms with Gasteiger partial charge in [-0.25, -0.2) is 24.3 Å². The first-order valence-corrected chi connectivity index (χ1v) is 17.1. The molecule has 0 amide bonds. The summed E-state index contributed by atoms with van der Waals surface area (Å²) in [6.07, 6.45) is 4.56. The molecule has 0 atom stereocenters. The molecular weight excluding hydrogens is 440 g/mol. The molecule has 0 spiro atoms. The van der Waals surface area contributed by atoms with Crippen LogP contribution in [0.3, 0.4) is 0 Å². The summed E-state index contributed by atoms with van der Waals surface area (Å²) in [5, 5.41) is 3.12. The van der Waals surface area contributed by atoms with Crippen LogP contribution in [0.4, 0.5) is 0 Å². The van der Waals surface area contributed by atoms with Gasteiger partial charge in [0, 0.05) is 16.1 Å². The van der Waals surface area contributed by atoms with Gasteiger partial charge in [-0.2, -0.15) is 47.5 Å². The van der Waals surface area contributed by atoms with Crippen molar-refractivity contribution >= 4 is 26.5 Å². The van der Waals surface area contributed by atoms with Crippen LogP contribution >= 0.6 is 0 Å². The minimum Gasteiger partial charge on any atom is -0.343 e. The second kappa shape index (κ2) is 17.9. The molecule has 0 aliphatic heterocycles. The van der Waals surface area contributed by atoms with Crippen LogP contribution in [0, 0.1) is 13.8 Å². The first-order valence-electron chi connectivity index (χ1n) is 10.1. The van der Waals surface area contributed by atoms with Crippen molar-refractivity contribution in [2.24, 2.45) is 0 Å². The van der Waals surface area contributed by atoms with E-state index < -0.39 is 16.1 Å². The largest absolute Gasteiger partial charge is 4.00 e. The van der Waals surface area contributed by atoms with E-state index in [0.29, 0.717) is 0 Å². The minimum absolute atomic E-state index is 0. The summed E-state index contributed by atoms with van der Waals surface area (Å²) in [4.78, 5) is 0. The van der Waals surface area contributed by atoms with Crippen molar-refractivity contribution in [2.45, 2.75) is 78.8 Å². The van der Waals surface area contributed by atoms with Crippen LogP contribution in [-0.2, 0) is 21.1 Å². The first kappa shape index (κ1) is 31.5. The SMILES string of the molecule is C[Si](C)(C)[c-]1cccc1.C[Si](C)(C)[c-]1cccc1.[CH2-]CCC.[CH2-]CCC.[Mo+4]. The normalized spacial score (nSPS) is 10.1. The monoisotopic (exact) mass is 486 g/mol. The molecular formula is C24H44MoSi2. The summed E-state index contributed by atoms with van der Waals surface area (Å²) in [7, 11) is -1.96. The summed E-state index contributed by atoms with van der Waals surface area (Å²) in [5.41, 5.74) is 0. The molecule has 0 radical (unpaired) electrons. The molecule has 0 bridgehead atoms. The van der Waals surface area contributed by atoms with Crippen LogP contribution in [-0.4, -0.2) is 16.1 Å². The molecule has 0 aliphatic carbocycles. The third-order valence-corrected chi connectivity index (χ3v) is 7.90. The Morgan fingerprint density at radius 3 is 0.852 bits per heavy atom. The maximum atomic E-state index is 3.60. The fourth-order valence-electron chi connectivity index (χ4n) is 1.75. The van der Waals surface area contributed by atoms with Crippen molar-refractivity contribution in [1.29, 1.82) is 0 Å². The standard InChI is InChI=1S/2C8H13Si.2C4H9.Mo/c2*1-9(2,3)8-6-4-5-7-8;2*1-3-4-2;/h2*4-7H,1-3H3;2*1,3-4H2,2H3;/q4*-1;+4. The van der Waals surface area contributed by atoms with Crippen molar-refractivity contribution < 1.29 is 21.1 Å². The number of hydrogen-bond acceptors (Lipinski definition) is 0. The molecule has 0 unspecified atom stereocenters. The predicted molar refractivity (Wildman–Crippen MR) is 131 cm³/mol. The van der Waals surface area contributed by atoms with E-state index >= 15 is 0 Å². The van der Waals surface area contributed by atoms with Gasteiger partial charge in [0.1, 0.15) is 0 Å². The zero-order valence-corrected chi connectivity index (χ0v) is 23.3. The van der Waals surface area contributed by atoms with Gasteiger partial charge in [-0.05, 0) is 0 Å². The molecule has 27 heavy (non-hydrogen) atoms. The molecule has 154 valence electrons. The Kier molecular flexibility index (Phi) is 20.9. The zero-order valence-electron chi connectivity index (χ0n) is 19.3. The Morgan fingerprint density at radius 1 is 0.593 bits per heavy atom. The van der Waals surface area contributed by atoms with E-state index in [4.69, 9.17) is 0 Å². The van der Waals surface area contributed by atoms with Crippen LogP contribution in [0.1, 0.15) is 39.5 Å². The van der Waals surface area contributed by atoms with E-state index in [1.807, 2.05) is 0 Å². The molecule has 2 rings (SSSR count). The summed E-state index contributed by atoms with van der Waals surface area (Å²) < 4.78 is 0. The van der Waals surface area contributed by atoms with E-state index in [-0.39, 0.29) is 21.1 Å². The number of unbranched alkanes of at least 4 members (excludes halogenated alkanes) is 2. The molecule has 2 aromatic carbocycles. The van der Waals surface area contributed by atoms with Crippen molar-refractivity contribution in [3.63, 3.8) is 0 Å². The molecule has 3 heteroatoms. The molecule has 2 aromatic rings.